The zero-order chi connectivity index (χ0) is 28.3. The van der Waals surface area contributed by atoms with Crippen molar-refractivity contribution >= 4 is 17.3 Å². The highest BCUT2D eigenvalue weighted by Gasteiger charge is 2.33. The summed E-state index contributed by atoms with van der Waals surface area (Å²) in [6, 6.07) is 10.1. The van der Waals surface area contributed by atoms with Gasteiger partial charge in [0.25, 0.3) is 12.3 Å². The number of carbonyl (C=O) groups is 1. The van der Waals surface area contributed by atoms with E-state index in [2.05, 4.69) is 30.5 Å². The second kappa shape index (κ2) is 11.9. The van der Waals surface area contributed by atoms with Gasteiger partial charge in [0.15, 0.2) is 5.69 Å². The van der Waals surface area contributed by atoms with Crippen molar-refractivity contribution in [2.24, 2.45) is 5.92 Å². The average Bonchev–Trinajstić information content (AvgIpc) is 3.38. The molecule has 5 rings (SSSR count). The van der Waals surface area contributed by atoms with Crippen LogP contribution >= 0.6 is 0 Å². The van der Waals surface area contributed by atoms with Crippen molar-refractivity contribution in [2.45, 2.75) is 25.4 Å². The minimum Gasteiger partial charge on any atom is -0.369 e. The number of benzene rings is 1. The number of hydrogen-bond donors (Lipinski definition) is 2. The minimum absolute atomic E-state index is 0.312. The molecule has 4 heterocycles. The zero-order valence-electron chi connectivity index (χ0n) is 21.7. The second-order valence-electron chi connectivity index (χ2n) is 10.0. The number of nitrogens with zero attached hydrogens (tertiary/aromatic N) is 5. The molecule has 0 aliphatic carbocycles. The van der Waals surface area contributed by atoms with Gasteiger partial charge in [0.1, 0.15) is 11.4 Å². The second-order valence-corrected chi connectivity index (χ2v) is 10.0. The van der Waals surface area contributed by atoms with Gasteiger partial charge < -0.3 is 15.5 Å². The van der Waals surface area contributed by atoms with Crippen molar-refractivity contribution in [2.75, 3.05) is 56.0 Å². The van der Waals surface area contributed by atoms with Gasteiger partial charge in [-0.3, -0.25) is 9.69 Å². The van der Waals surface area contributed by atoms with Gasteiger partial charge in [0, 0.05) is 38.4 Å². The molecule has 2 aliphatic rings. The van der Waals surface area contributed by atoms with Gasteiger partial charge in [-0.25, -0.2) is 18.4 Å². The molecule has 0 unspecified atom stereocenters. The predicted octanol–water partition coefficient (Wildman–Crippen LogP) is 4.60. The van der Waals surface area contributed by atoms with Crippen LogP contribution in [0, 0.1) is 5.92 Å². The van der Waals surface area contributed by atoms with Gasteiger partial charge >= 0.3 is 6.18 Å². The number of rotatable bonds is 7. The van der Waals surface area contributed by atoms with Crippen LogP contribution in [0.3, 0.4) is 0 Å². The van der Waals surface area contributed by atoms with Crippen molar-refractivity contribution in [3.63, 3.8) is 0 Å². The van der Waals surface area contributed by atoms with Crippen LogP contribution < -0.4 is 15.5 Å². The number of amides is 1. The first-order valence-corrected chi connectivity index (χ1v) is 13.2. The highest BCUT2D eigenvalue weighted by Crippen LogP contribution is 2.30. The van der Waals surface area contributed by atoms with Gasteiger partial charge in [0.2, 0.25) is 0 Å². The molecule has 8 nitrogen and oxygen atoms in total. The number of halogens is 5. The predicted molar refractivity (Wildman–Crippen MR) is 140 cm³/mol. The summed E-state index contributed by atoms with van der Waals surface area (Å²) in [6.07, 6.45) is -4.12. The fourth-order valence-corrected chi connectivity index (χ4v) is 5.12. The SMILES string of the molecule is O=C(Nc1cn(-c2ccc(N3CCN(CC4CCNCC4)CC3)cc2)nc1C(F)F)c1cccc(C(F)(F)F)n1. The molecular formula is C27H30F5N7O. The van der Waals surface area contributed by atoms with Crippen LogP contribution in [-0.2, 0) is 6.18 Å². The molecule has 3 aromatic rings. The number of hydrogen-bond acceptors (Lipinski definition) is 6. The first-order valence-electron chi connectivity index (χ1n) is 13.2. The molecule has 1 aromatic carbocycles. The lowest BCUT2D eigenvalue weighted by atomic mass is 9.97. The van der Waals surface area contributed by atoms with E-state index in [-0.39, 0.29) is 5.69 Å². The Morgan fingerprint density at radius 2 is 1.68 bits per heavy atom. The maximum Gasteiger partial charge on any atom is 0.433 e. The molecule has 2 aliphatic heterocycles. The third kappa shape index (κ3) is 6.58. The Kier molecular flexibility index (Phi) is 8.31. The molecule has 2 fully saturated rings. The Morgan fingerprint density at radius 1 is 1.00 bits per heavy atom. The molecule has 13 heteroatoms. The first-order chi connectivity index (χ1) is 19.2. The number of alkyl halides is 5. The van der Waals surface area contributed by atoms with E-state index in [9.17, 15) is 26.7 Å². The quantitative estimate of drug-likeness (QED) is 0.410. The summed E-state index contributed by atoms with van der Waals surface area (Å²) in [5.41, 5.74) is -1.32. The third-order valence-corrected chi connectivity index (χ3v) is 7.30. The van der Waals surface area contributed by atoms with E-state index in [1.807, 2.05) is 12.1 Å². The summed E-state index contributed by atoms with van der Waals surface area (Å²) in [5, 5.41) is 9.55. The van der Waals surface area contributed by atoms with Crippen LogP contribution in [0.4, 0.5) is 33.3 Å². The molecule has 0 bridgehead atoms. The number of piperidine rings is 1. The maximum absolute atomic E-state index is 13.7. The number of aromatic nitrogens is 3. The third-order valence-electron chi connectivity index (χ3n) is 7.30. The molecule has 2 saturated heterocycles. The number of anilines is 2. The Morgan fingerprint density at radius 3 is 2.33 bits per heavy atom. The lowest BCUT2D eigenvalue weighted by Crippen LogP contribution is -2.48. The smallest absolute Gasteiger partial charge is 0.369 e. The Hall–Kier alpha value is -3.58. The molecule has 214 valence electrons. The van der Waals surface area contributed by atoms with Crippen LogP contribution in [0.5, 0.6) is 0 Å². The summed E-state index contributed by atoms with van der Waals surface area (Å²) >= 11 is 0. The number of pyridine rings is 1. The Labute approximate surface area is 228 Å². The molecule has 2 aromatic heterocycles. The normalized spacial score (nSPS) is 17.4. The van der Waals surface area contributed by atoms with Crippen molar-refractivity contribution in [1.82, 2.24) is 25.0 Å². The van der Waals surface area contributed by atoms with E-state index >= 15 is 0 Å². The van der Waals surface area contributed by atoms with E-state index < -0.39 is 35.6 Å². The molecule has 0 atom stereocenters. The van der Waals surface area contributed by atoms with Gasteiger partial charge in [-0.1, -0.05) is 6.07 Å². The lowest BCUT2D eigenvalue weighted by Gasteiger charge is -2.38. The molecule has 0 saturated carbocycles. The maximum atomic E-state index is 13.7. The van der Waals surface area contributed by atoms with Gasteiger partial charge in [-0.05, 0) is 68.2 Å². The van der Waals surface area contributed by atoms with Crippen LogP contribution in [0.2, 0.25) is 0 Å². The zero-order valence-corrected chi connectivity index (χ0v) is 21.7. The molecule has 2 N–H and O–H groups in total. The van der Waals surface area contributed by atoms with Crippen molar-refractivity contribution < 1.29 is 26.7 Å². The Bertz CT molecular complexity index is 1300. The summed E-state index contributed by atoms with van der Waals surface area (Å²) in [6.45, 7) is 7.05. The minimum atomic E-state index is -4.75. The highest BCUT2D eigenvalue weighted by molar-refractivity contribution is 6.03. The van der Waals surface area contributed by atoms with E-state index in [1.54, 1.807) is 12.1 Å². The van der Waals surface area contributed by atoms with E-state index in [0.717, 1.165) is 75.6 Å². The number of carbonyl (C=O) groups excluding carboxylic acids is 1. The fraction of sp³-hybridized carbons (Fsp3) is 0.444. The summed E-state index contributed by atoms with van der Waals surface area (Å²) in [5.74, 6) is -0.308. The average molecular weight is 564 g/mol. The van der Waals surface area contributed by atoms with E-state index in [0.29, 0.717) is 5.69 Å². The topological polar surface area (TPSA) is 78.3 Å². The lowest BCUT2D eigenvalue weighted by molar-refractivity contribution is -0.141. The van der Waals surface area contributed by atoms with Crippen molar-refractivity contribution in [3.8, 4) is 5.69 Å². The summed E-state index contributed by atoms with van der Waals surface area (Å²) in [4.78, 5) is 20.6. The van der Waals surface area contributed by atoms with Gasteiger partial charge in [0.05, 0.1) is 17.6 Å². The first kappa shape index (κ1) is 28.0. The van der Waals surface area contributed by atoms with E-state index in [1.165, 1.54) is 23.7 Å². The fourth-order valence-electron chi connectivity index (χ4n) is 5.12. The van der Waals surface area contributed by atoms with Crippen LogP contribution in [0.15, 0.2) is 48.7 Å². The van der Waals surface area contributed by atoms with Crippen LogP contribution in [-0.4, -0.2) is 71.4 Å². The van der Waals surface area contributed by atoms with Gasteiger partial charge in [-0.2, -0.15) is 18.3 Å². The molecule has 40 heavy (non-hydrogen) atoms. The number of nitrogens with one attached hydrogen (secondary N) is 2. The molecular weight excluding hydrogens is 533 g/mol. The highest BCUT2D eigenvalue weighted by atomic mass is 19.4. The van der Waals surface area contributed by atoms with E-state index in [4.69, 9.17) is 0 Å². The summed E-state index contributed by atoms with van der Waals surface area (Å²) < 4.78 is 67.5. The Balaban J connectivity index is 1.24. The van der Waals surface area contributed by atoms with Crippen molar-refractivity contribution in [3.05, 3.63) is 65.7 Å². The standard InChI is InChI=1S/C27H30F5N7O/c28-25(29)24-22(35-26(40)21-2-1-3-23(34-21)27(30,31)32)17-39(36-24)20-6-4-19(5-7-20)38-14-12-37(13-15-38)16-18-8-10-33-11-9-18/h1-7,17-18,25,33H,8-16H2,(H,35,40). The molecule has 0 spiro atoms. The van der Waals surface area contributed by atoms with Crippen LogP contribution in [0.1, 0.15) is 41.1 Å². The largest absolute Gasteiger partial charge is 0.433 e. The molecule has 0 radical (unpaired) electrons. The van der Waals surface area contributed by atoms with Crippen molar-refractivity contribution in [1.29, 1.82) is 0 Å². The monoisotopic (exact) mass is 563 g/mol. The molecule has 1 amide bonds. The number of piperazine rings is 1. The summed E-state index contributed by atoms with van der Waals surface area (Å²) in [7, 11) is 0. The van der Waals surface area contributed by atoms with Gasteiger partial charge in [-0.15, -0.1) is 0 Å². The van der Waals surface area contributed by atoms with Crippen LogP contribution in [0.25, 0.3) is 5.69 Å².